The van der Waals surface area contributed by atoms with Gasteiger partial charge in [-0.3, -0.25) is 5.43 Å². The van der Waals surface area contributed by atoms with E-state index in [-0.39, 0.29) is 0 Å². The second kappa shape index (κ2) is 5.84. The van der Waals surface area contributed by atoms with E-state index in [4.69, 9.17) is 9.15 Å². The summed E-state index contributed by atoms with van der Waals surface area (Å²) in [6.45, 7) is 0.667. The molecule has 1 aromatic heterocycles. The molecule has 0 radical (unpaired) electrons. The van der Waals surface area contributed by atoms with E-state index in [1.54, 1.807) is 18.0 Å². The first-order chi connectivity index (χ1) is 9.40. The fraction of sp³-hybridized carbons (Fsp3) is 0.214. The Morgan fingerprint density at radius 1 is 1.16 bits per heavy atom. The van der Waals surface area contributed by atoms with Gasteiger partial charge in [0, 0.05) is 6.42 Å². The molecule has 0 bridgehead atoms. The average Bonchev–Trinajstić information content (AvgIpc) is 3.10. The van der Waals surface area contributed by atoms with Crippen LogP contribution in [0, 0.1) is 0 Å². The van der Waals surface area contributed by atoms with E-state index in [0.717, 1.165) is 23.1 Å². The number of nitrogens with zero attached hydrogens (tertiary/aromatic N) is 1. The molecule has 1 aliphatic rings. The SMILES string of the molecule is c1ccc(NN=C2CC(Sc3ccco3)CO2)cc1. The molecule has 0 spiro atoms. The summed E-state index contributed by atoms with van der Waals surface area (Å²) in [6.07, 6.45) is 2.50. The molecule has 0 saturated carbocycles. The van der Waals surface area contributed by atoms with Gasteiger partial charge in [-0.1, -0.05) is 30.0 Å². The van der Waals surface area contributed by atoms with E-state index in [2.05, 4.69) is 10.5 Å². The van der Waals surface area contributed by atoms with Crippen molar-refractivity contribution in [3.8, 4) is 0 Å². The molecule has 0 aliphatic carbocycles. The van der Waals surface area contributed by atoms with Crippen molar-refractivity contribution in [2.75, 3.05) is 12.0 Å². The lowest BCUT2D eigenvalue weighted by atomic mass is 10.3. The van der Waals surface area contributed by atoms with Crippen LogP contribution in [0.5, 0.6) is 0 Å². The van der Waals surface area contributed by atoms with Gasteiger partial charge in [0.2, 0.25) is 5.90 Å². The van der Waals surface area contributed by atoms with Crippen LogP contribution in [0.3, 0.4) is 0 Å². The standard InChI is InChI=1S/C14H14N2O2S/c1-2-5-11(6-3-1)15-16-13-9-12(10-18-13)19-14-7-4-8-17-14/h1-8,12,15H,9-10H2. The summed E-state index contributed by atoms with van der Waals surface area (Å²) in [7, 11) is 0. The van der Waals surface area contributed by atoms with E-state index in [9.17, 15) is 0 Å². The third kappa shape index (κ3) is 3.32. The van der Waals surface area contributed by atoms with Gasteiger partial charge in [-0.05, 0) is 24.3 Å². The minimum atomic E-state index is 0.363. The van der Waals surface area contributed by atoms with Crippen LogP contribution in [0.15, 0.2) is 63.3 Å². The highest BCUT2D eigenvalue weighted by molar-refractivity contribution is 7.99. The van der Waals surface area contributed by atoms with Crippen molar-refractivity contribution in [1.82, 2.24) is 0 Å². The molecule has 1 N–H and O–H groups in total. The maximum Gasteiger partial charge on any atom is 0.207 e. The van der Waals surface area contributed by atoms with Crippen LogP contribution in [0.1, 0.15) is 6.42 Å². The Labute approximate surface area is 115 Å². The summed E-state index contributed by atoms with van der Waals surface area (Å²) in [5, 5.41) is 5.56. The van der Waals surface area contributed by atoms with E-state index in [1.165, 1.54) is 0 Å². The molecule has 2 aromatic rings. The Balaban J connectivity index is 1.54. The highest BCUT2D eigenvalue weighted by Crippen LogP contribution is 2.29. The van der Waals surface area contributed by atoms with E-state index in [0.29, 0.717) is 11.9 Å². The van der Waals surface area contributed by atoms with E-state index >= 15 is 0 Å². The number of anilines is 1. The zero-order valence-electron chi connectivity index (χ0n) is 10.3. The maximum atomic E-state index is 5.56. The number of furan rings is 1. The van der Waals surface area contributed by atoms with Crippen LogP contribution in [0.25, 0.3) is 0 Å². The molecular formula is C14H14N2O2S. The van der Waals surface area contributed by atoms with Crippen molar-refractivity contribution in [3.05, 3.63) is 48.7 Å². The summed E-state index contributed by atoms with van der Waals surface area (Å²) in [5.74, 6) is 0.743. The van der Waals surface area contributed by atoms with Gasteiger partial charge in [0.1, 0.15) is 6.61 Å². The number of ether oxygens (including phenoxy) is 1. The fourth-order valence-electron chi connectivity index (χ4n) is 1.79. The number of hydrogen-bond acceptors (Lipinski definition) is 5. The Hall–Kier alpha value is -1.88. The predicted octanol–water partition coefficient (Wildman–Crippen LogP) is 3.59. The van der Waals surface area contributed by atoms with Crippen LogP contribution in [0.4, 0.5) is 5.69 Å². The zero-order chi connectivity index (χ0) is 12.9. The normalized spacial score (nSPS) is 20.4. The van der Waals surface area contributed by atoms with Gasteiger partial charge in [0.05, 0.1) is 17.2 Å². The number of thioether (sulfide) groups is 1. The summed E-state index contributed by atoms with van der Waals surface area (Å²) in [5.41, 5.74) is 3.96. The van der Waals surface area contributed by atoms with Crippen LogP contribution in [-0.4, -0.2) is 17.8 Å². The second-order valence-corrected chi connectivity index (χ2v) is 5.48. The largest absolute Gasteiger partial charge is 0.478 e. The molecule has 98 valence electrons. The minimum absolute atomic E-state index is 0.363. The molecule has 1 atom stereocenters. The lowest BCUT2D eigenvalue weighted by Crippen LogP contribution is -2.00. The predicted molar refractivity (Wildman–Crippen MR) is 76.4 cm³/mol. The molecule has 4 nitrogen and oxygen atoms in total. The minimum Gasteiger partial charge on any atom is -0.478 e. The van der Waals surface area contributed by atoms with Crippen molar-refractivity contribution in [2.45, 2.75) is 16.8 Å². The molecule has 1 unspecified atom stereocenters. The number of hydrogen-bond donors (Lipinski definition) is 1. The topological polar surface area (TPSA) is 46.8 Å². The average molecular weight is 274 g/mol. The third-order valence-electron chi connectivity index (χ3n) is 2.70. The summed E-state index contributed by atoms with van der Waals surface area (Å²) >= 11 is 1.68. The van der Waals surface area contributed by atoms with Gasteiger partial charge in [0.15, 0.2) is 5.09 Å². The molecule has 1 aromatic carbocycles. The first-order valence-corrected chi connectivity index (χ1v) is 6.99. The fourth-order valence-corrected chi connectivity index (χ4v) is 2.75. The van der Waals surface area contributed by atoms with Crippen molar-refractivity contribution < 1.29 is 9.15 Å². The van der Waals surface area contributed by atoms with Gasteiger partial charge >= 0.3 is 0 Å². The number of benzene rings is 1. The molecular weight excluding hydrogens is 260 g/mol. The van der Waals surface area contributed by atoms with Crippen molar-refractivity contribution in [3.63, 3.8) is 0 Å². The first kappa shape index (κ1) is 12.2. The van der Waals surface area contributed by atoms with Crippen molar-refractivity contribution in [2.24, 2.45) is 5.10 Å². The number of nitrogens with one attached hydrogen (secondary N) is 1. The Morgan fingerprint density at radius 3 is 2.84 bits per heavy atom. The van der Waals surface area contributed by atoms with Gasteiger partial charge in [0.25, 0.3) is 0 Å². The van der Waals surface area contributed by atoms with Gasteiger partial charge in [-0.15, -0.1) is 5.10 Å². The van der Waals surface area contributed by atoms with Crippen molar-refractivity contribution >= 4 is 23.3 Å². The van der Waals surface area contributed by atoms with Crippen LogP contribution in [0.2, 0.25) is 0 Å². The highest BCUT2D eigenvalue weighted by atomic mass is 32.2. The van der Waals surface area contributed by atoms with Gasteiger partial charge < -0.3 is 9.15 Å². The lowest BCUT2D eigenvalue weighted by molar-refractivity contribution is 0.345. The molecule has 1 saturated heterocycles. The Kier molecular flexibility index (Phi) is 3.74. The lowest BCUT2D eigenvalue weighted by Gasteiger charge is -2.01. The number of rotatable bonds is 4. The monoisotopic (exact) mass is 274 g/mol. The zero-order valence-corrected chi connectivity index (χ0v) is 11.1. The van der Waals surface area contributed by atoms with Gasteiger partial charge in [-0.2, -0.15) is 0 Å². The molecule has 0 amide bonds. The maximum absolute atomic E-state index is 5.56. The van der Waals surface area contributed by atoms with Crippen LogP contribution in [-0.2, 0) is 4.74 Å². The Morgan fingerprint density at radius 2 is 2.05 bits per heavy atom. The van der Waals surface area contributed by atoms with Crippen LogP contribution < -0.4 is 5.43 Å². The van der Waals surface area contributed by atoms with E-state index in [1.807, 2.05) is 42.5 Å². The number of hydrazone groups is 1. The molecule has 5 heteroatoms. The summed E-state index contributed by atoms with van der Waals surface area (Å²) in [6, 6.07) is 13.7. The second-order valence-electron chi connectivity index (χ2n) is 4.17. The molecule has 19 heavy (non-hydrogen) atoms. The highest BCUT2D eigenvalue weighted by Gasteiger charge is 2.24. The summed E-state index contributed by atoms with van der Waals surface area (Å²) < 4.78 is 10.9. The third-order valence-corrected chi connectivity index (χ3v) is 3.80. The van der Waals surface area contributed by atoms with E-state index < -0.39 is 0 Å². The van der Waals surface area contributed by atoms with Crippen LogP contribution >= 0.6 is 11.8 Å². The molecule has 2 heterocycles. The number of para-hydroxylation sites is 1. The quantitative estimate of drug-likeness (QED) is 0.866. The molecule has 1 aliphatic heterocycles. The smallest absolute Gasteiger partial charge is 0.207 e. The Bertz CT molecular complexity index is 540. The first-order valence-electron chi connectivity index (χ1n) is 6.11. The molecule has 3 rings (SSSR count). The molecule has 1 fully saturated rings. The van der Waals surface area contributed by atoms with Gasteiger partial charge in [-0.25, -0.2) is 0 Å². The van der Waals surface area contributed by atoms with Crippen molar-refractivity contribution in [1.29, 1.82) is 0 Å². The summed E-state index contributed by atoms with van der Waals surface area (Å²) in [4.78, 5) is 0.